The van der Waals surface area contributed by atoms with Crippen LogP contribution in [-0.4, -0.2) is 21.1 Å². The first-order valence-corrected chi connectivity index (χ1v) is 12.2. The lowest BCUT2D eigenvalue weighted by atomic mass is 9.97. The number of carbonyl (C=O) groups excluding carboxylic acids is 1. The zero-order valence-corrected chi connectivity index (χ0v) is 19.3. The van der Waals surface area contributed by atoms with Crippen LogP contribution in [0.3, 0.4) is 0 Å². The van der Waals surface area contributed by atoms with E-state index in [4.69, 9.17) is 21.7 Å². The van der Waals surface area contributed by atoms with Crippen molar-refractivity contribution in [3.63, 3.8) is 0 Å². The van der Waals surface area contributed by atoms with E-state index >= 15 is 0 Å². The molecular weight excluding hydrogens is 447 g/mol. The minimum absolute atomic E-state index is 0.00320. The second kappa shape index (κ2) is 10.1. The topological polar surface area (TPSA) is 67.5 Å². The lowest BCUT2D eigenvalue weighted by Crippen LogP contribution is -2.13. The molecule has 0 radical (unpaired) electrons. The number of hydrogen-bond acceptors (Lipinski definition) is 5. The molecule has 7 heteroatoms. The Kier molecular flexibility index (Phi) is 7.26. The number of carboxylic acids is 1. The Hall–Kier alpha value is -2.25. The zero-order chi connectivity index (χ0) is 22.7. The maximum atomic E-state index is 14.6. The molecule has 1 aromatic heterocycles. The van der Waals surface area contributed by atoms with E-state index in [9.17, 15) is 14.0 Å². The molecule has 2 aliphatic rings. The molecule has 2 heterocycles. The molecule has 1 unspecified atom stereocenters. The number of carbonyl (C=O) groups is 2. The summed E-state index contributed by atoms with van der Waals surface area (Å²) in [5.74, 6) is 0.0703. The van der Waals surface area contributed by atoms with Crippen molar-refractivity contribution >= 4 is 46.0 Å². The minimum atomic E-state index is -0.776. The van der Waals surface area contributed by atoms with Gasteiger partial charge in [0.25, 0.3) is 0 Å². The van der Waals surface area contributed by atoms with E-state index < -0.39 is 5.97 Å². The first kappa shape index (κ1) is 22.9. The second-order valence-electron chi connectivity index (χ2n) is 8.41. The number of aliphatic carboxylic acids is 1. The summed E-state index contributed by atoms with van der Waals surface area (Å²) in [4.78, 5) is 23.9. The smallest absolute Gasteiger partial charge is 0.303 e. The van der Waals surface area contributed by atoms with Gasteiger partial charge in [-0.2, -0.15) is 0 Å². The van der Waals surface area contributed by atoms with Crippen LogP contribution < -0.4 is 0 Å². The van der Waals surface area contributed by atoms with Crippen LogP contribution >= 0.6 is 24.0 Å². The number of unbranched alkanes of at least 4 members (excludes halogenated alkanes) is 3. The molecule has 32 heavy (non-hydrogen) atoms. The van der Waals surface area contributed by atoms with E-state index in [0.29, 0.717) is 44.9 Å². The summed E-state index contributed by atoms with van der Waals surface area (Å²) in [6, 6.07) is 8.77. The first-order valence-electron chi connectivity index (χ1n) is 11.0. The van der Waals surface area contributed by atoms with Crippen LogP contribution in [0.25, 0.3) is 17.4 Å². The van der Waals surface area contributed by atoms with Gasteiger partial charge in [0.15, 0.2) is 5.78 Å². The summed E-state index contributed by atoms with van der Waals surface area (Å²) in [5.41, 5.74) is 1.45. The summed E-state index contributed by atoms with van der Waals surface area (Å²) < 4.78 is 21.0. The highest BCUT2D eigenvalue weighted by atomic mass is 32.2. The number of halogens is 1. The summed E-state index contributed by atoms with van der Waals surface area (Å²) in [7, 11) is 0. The highest BCUT2D eigenvalue weighted by Crippen LogP contribution is 2.42. The summed E-state index contributed by atoms with van der Waals surface area (Å²) in [5, 5.41) is 8.68. The van der Waals surface area contributed by atoms with Crippen molar-refractivity contribution in [3.8, 4) is 11.3 Å². The highest BCUT2D eigenvalue weighted by molar-refractivity contribution is 8.27. The quantitative estimate of drug-likeness (QED) is 0.228. The Labute approximate surface area is 196 Å². The third kappa shape index (κ3) is 5.56. The van der Waals surface area contributed by atoms with Crippen molar-refractivity contribution in [1.29, 1.82) is 0 Å². The average molecular weight is 473 g/mol. The van der Waals surface area contributed by atoms with Gasteiger partial charge in [0.2, 0.25) is 0 Å². The number of rotatable bonds is 10. The van der Waals surface area contributed by atoms with Crippen molar-refractivity contribution in [2.75, 3.05) is 0 Å². The van der Waals surface area contributed by atoms with Crippen LogP contribution in [0.5, 0.6) is 0 Å². The largest absolute Gasteiger partial charge is 0.481 e. The summed E-state index contributed by atoms with van der Waals surface area (Å²) in [6.07, 6.45) is 8.01. The molecule has 0 spiro atoms. The van der Waals surface area contributed by atoms with Gasteiger partial charge in [-0.1, -0.05) is 49.3 Å². The lowest BCUT2D eigenvalue weighted by Gasteiger charge is -2.06. The van der Waals surface area contributed by atoms with Crippen molar-refractivity contribution < 1.29 is 23.5 Å². The second-order valence-corrected chi connectivity index (χ2v) is 10.2. The standard InChI is InChI=1S/C25H25FO4S2/c26-20-13-16(15-7-8-15)9-11-18(20)21-12-10-17(30-21)14-22-24(29)19(25(31)32-22)5-3-1-2-4-6-23(27)28/h9-15,19H,1-8H2,(H,27,28)/b22-14-. The third-order valence-corrected chi connectivity index (χ3v) is 7.45. The Balaban J connectivity index is 1.36. The van der Waals surface area contributed by atoms with E-state index in [1.165, 1.54) is 11.8 Å². The van der Waals surface area contributed by atoms with E-state index in [1.54, 1.807) is 30.3 Å². The Morgan fingerprint density at radius 3 is 2.69 bits per heavy atom. The third-order valence-electron chi connectivity index (χ3n) is 5.90. The fraction of sp³-hybridized carbons (Fsp3) is 0.400. The van der Waals surface area contributed by atoms with Crippen LogP contribution in [0.4, 0.5) is 4.39 Å². The lowest BCUT2D eigenvalue weighted by molar-refractivity contribution is -0.137. The molecule has 2 aromatic rings. The van der Waals surface area contributed by atoms with Crippen LogP contribution in [0.1, 0.15) is 68.6 Å². The number of hydrogen-bond donors (Lipinski definition) is 1. The van der Waals surface area contributed by atoms with Crippen molar-refractivity contribution in [2.24, 2.45) is 5.92 Å². The number of furan rings is 1. The maximum Gasteiger partial charge on any atom is 0.303 e. The Bertz CT molecular complexity index is 1070. The van der Waals surface area contributed by atoms with Crippen molar-refractivity contribution in [3.05, 3.63) is 52.4 Å². The van der Waals surface area contributed by atoms with Gasteiger partial charge in [-0.3, -0.25) is 9.59 Å². The summed E-state index contributed by atoms with van der Waals surface area (Å²) in [6.45, 7) is 0. The Morgan fingerprint density at radius 1 is 1.19 bits per heavy atom. The number of benzene rings is 1. The van der Waals surface area contributed by atoms with Gasteiger partial charge < -0.3 is 9.52 Å². The highest BCUT2D eigenvalue weighted by Gasteiger charge is 2.34. The van der Waals surface area contributed by atoms with Crippen molar-refractivity contribution in [2.45, 2.75) is 57.3 Å². The fourth-order valence-electron chi connectivity index (χ4n) is 3.94. The van der Waals surface area contributed by atoms with E-state index in [0.717, 1.165) is 37.7 Å². The van der Waals surface area contributed by atoms with Gasteiger partial charge in [0.1, 0.15) is 17.3 Å². The van der Waals surface area contributed by atoms with Gasteiger partial charge in [-0.05, 0) is 67.5 Å². The molecule has 1 N–H and O–H groups in total. The molecule has 1 aliphatic carbocycles. The number of ketones is 1. The predicted molar refractivity (Wildman–Crippen MR) is 128 cm³/mol. The molecule has 1 atom stereocenters. The molecule has 168 valence electrons. The molecular formula is C25H25FO4S2. The normalized spacial score (nSPS) is 19.8. The van der Waals surface area contributed by atoms with Crippen molar-refractivity contribution in [1.82, 2.24) is 0 Å². The average Bonchev–Trinajstić information content (AvgIpc) is 3.45. The molecule has 1 aliphatic heterocycles. The first-order chi connectivity index (χ1) is 15.4. The van der Waals surface area contributed by atoms with E-state index in [-0.39, 0.29) is 23.9 Å². The van der Waals surface area contributed by atoms with Crippen LogP contribution in [-0.2, 0) is 9.59 Å². The predicted octanol–water partition coefficient (Wildman–Crippen LogP) is 6.99. The molecule has 1 aromatic carbocycles. The SMILES string of the molecule is O=C(O)CCCCCCC1C(=O)/C(=C/c2ccc(-c3ccc(C4CC4)cc3F)o2)SC1=S. The monoisotopic (exact) mass is 472 g/mol. The van der Waals surface area contributed by atoms with Crippen LogP contribution in [0.15, 0.2) is 39.7 Å². The zero-order valence-electron chi connectivity index (χ0n) is 17.6. The van der Waals surface area contributed by atoms with Gasteiger partial charge >= 0.3 is 5.97 Å². The molecule has 4 nitrogen and oxygen atoms in total. The van der Waals surface area contributed by atoms with Crippen LogP contribution in [0, 0.1) is 11.7 Å². The van der Waals surface area contributed by atoms with Gasteiger partial charge in [-0.15, -0.1) is 0 Å². The molecule has 1 saturated heterocycles. The number of carboxylic acid groups (broad SMARTS) is 1. The number of thiocarbonyl (C=S) groups is 1. The number of Topliss-reactive ketones (excluding diaryl/α,β-unsaturated/α-hetero) is 1. The number of thioether (sulfide) groups is 1. The van der Waals surface area contributed by atoms with Gasteiger partial charge in [0.05, 0.1) is 20.6 Å². The maximum absolute atomic E-state index is 14.6. The molecule has 0 bridgehead atoms. The van der Waals surface area contributed by atoms with Crippen LogP contribution in [0.2, 0.25) is 0 Å². The molecule has 0 amide bonds. The van der Waals surface area contributed by atoms with Gasteiger partial charge in [0, 0.05) is 6.42 Å². The molecule has 4 rings (SSSR count). The minimum Gasteiger partial charge on any atom is -0.481 e. The summed E-state index contributed by atoms with van der Waals surface area (Å²) >= 11 is 6.73. The van der Waals surface area contributed by atoms with E-state index in [1.807, 2.05) is 6.07 Å². The van der Waals surface area contributed by atoms with E-state index in [2.05, 4.69) is 0 Å². The molecule has 2 fully saturated rings. The molecule has 1 saturated carbocycles. The number of allylic oxidation sites excluding steroid dienone is 1. The fourth-order valence-corrected chi connectivity index (χ4v) is 5.44. The Morgan fingerprint density at radius 2 is 1.97 bits per heavy atom. The van der Waals surface area contributed by atoms with Gasteiger partial charge in [-0.25, -0.2) is 4.39 Å².